The molecular formula is C13H18FNO4. The third kappa shape index (κ3) is 5.67. The van der Waals surface area contributed by atoms with Gasteiger partial charge in [0.05, 0.1) is 25.4 Å². The first kappa shape index (κ1) is 15.4. The summed E-state index contributed by atoms with van der Waals surface area (Å²) in [7, 11) is 1.59. The van der Waals surface area contributed by atoms with Crippen molar-refractivity contribution in [3.8, 4) is 0 Å². The Morgan fingerprint density at radius 1 is 1.26 bits per heavy atom. The maximum Gasteiger partial charge on any atom is 0.340 e. The van der Waals surface area contributed by atoms with Gasteiger partial charge in [0.25, 0.3) is 0 Å². The number of carbonyl (C=O) groups excluding carboxylic acids is 1. The summed E-state index contributed by atoms with van der Waals surface area (Å²) < 4.78 is 28.0. The van der Waals surface area contributed by atoms with Gasteiger partial charge >= 0.3 is 5.97 Å². The average molecular weight is 271 g/mol. The van der Waals surface area contributed by atoms with Crippen LogP contribution in [0.4, 0.5) is 10.1 Å². The van der Waals surface area contributed by atoms with E-state index in [9.17, 15) is 9.18 Å². The first-order valence-electron chi connectivity index (χ1n) is 5.94. The predicted octanol–water partition coefficient (Wildman–Crippen LogP) is 1.62. The molecule has 0 saturated carbocycles. The number of methoxy groups -OCH3 is 1. The second kappa shape index (κ2) is 8.44. The van der Waals surface area contributed by atoms with Gasteiger partial charge in [0.2, 0.25) is 0 Å². The third-order valence-electron chi connectivity index (χ3n) is 2.33. The summed E-state index contributed by atoms with van der Waals surface area (Å²) in [6.45, 7) is 1.69. The van der Waals surface area contributed by atoms with Gasteiger partial charge < -0.3 is 19.9 Å². The minimum atomic E-state index is -0.631. The number of nitrogen functional groups attached to an aromatic ring is 1. The van der Waals surface area contributed by atoms with E-state index in [0.717, 1.165) is 6.07 Å². The van der Waals surface area contributed by atoms with Crippen LogP contribution in [0.2, 0.25) is 0 Å². The van der Waals surface area contributed by atoms with E-state index >= 15 is 0 Å². The van der Waals surface area contributed by atoms with Crippen LogP contribution in [0.5, 0.6) is 0 Å². The van der Waals surface area contributed by atoms with Crippen molar-refractivity contribution in [3.05, 3.63) is 29.6 Å². The number of hydrogen-bond acceptors (Lipinski definition) is 5. The summed E-state index contributed by atoms with van der Waals surface area (Å²) in [5.41, 5.74) is 5.81. The standard InChI is InChI=1S/C13H18FNO4/c1-17-7-8-18-5-2-6-19-13(16)11-9-10(14)3-4-12(11)15/h3-4,9H,2,5-8,15H2,1H3. The van der Waals surface area contributed by atoms with E-state index in [2.05, 4.69) is 0 Å². The van der Waals surface area contributed by atoms with Crippen LogP contribution in [-0.2, 0) is 14.2 Å². The fraction of sp³-hybridized carbons (Fsp3) is 0.462. The van der Waals surface area contributed by atoms with Crippen LogP contribution in [0.25, 0.3) is 0 Å². The number of carbonyl (C=O) groups is 1. The molecule has 0 saturated heterocycles. The van der Waals surface area contributed by atoms with E-state index in [1.165, 1.54) is 12.1 Å². The number of nitrogens with two attached hydrogens (primary N) is 1. The van der Waals surface area contributed by atoms with Gasteiger partial charge in [0.1, 0.15) is 5.82 Å². The molecule has 19 heavy (non-hydrogen) atoms. The summed E-state index contributed by atoms with van der Waals surface area (Å²) in [6.07, 6.45) is 0.560. The van der Waals surface area contributed by atoms with Crippen LogP contribution in [0.1, 0.15) is 16.8 Å². The van der Waals surface area contributed by atoms with Crippen molar-refractivity contribution in [2.45, 2.75) is 6.42 Å². The van der Waals surface area contributed by atoms with E-state index in [1.54, 1.807) is 7.11 Å². The van der Waals surface area contributed by atoms with Gasteiger partial charge in [-0.15, -0.1) is 0 Å². The normalized spacial score (nSPS) is 10.4. The predicted molar refractivity (Wildman–Crippen MR) is 68.4 cm³/mol. The molecule has 0 aliphatic carbocycles. The molecule has 1 aromatic carbocycles. The number of hydrogen-bond donors (Lipinski definition) is 1. The quantitative estimate of drug-likeness (QED) is 0.442. The van der Waals surface area contributed by atoms with Crippen LogP contribution in [0.3, 0.4) is 0 Å². The number of rotatable bonds is 8. The van der Waals surface area contributed by atoms with Crippen LogP contribution >= 0.6 is 0 Å². The number of halogens is 1. The molecular weight excluding hydrogens is 253 g/mol. The maximum atomic E-state index is 13.0. The molecule has 0 aromatic heterocycles. The van der Waals surface area contributed by atoms with Crippen molar-refractivity contribution >= 4 is 11.7 Å². The topological polar surface area (TPSA) is 70.8 Å². The molecule has 6 heteroatoms. The fourth-order valence-corrected chi connectivity index (χ4v) is 1.35. The summed E-state index contributed by atoms with van der Waals surface area (Å²) in [5.74, 6) is -1.15. The molecule has 0 atom stereocenters. The minimum absolute atomic E-state index is 0.0419. The second-order valence-corrected chi connectivity index (χ2v) is 3.83. The van der Waals surface area contributed by atoms with Crippen molar-refractivity contribution in [3.63, 3.8) is 0 Å². The Hall–Kier alpha value is -1.66. The van der Waals surface area contributed by atoms with Gasteiger partial charge in [-0.25, -0.2) is 9.18 Å². The number of benzene rings is 1. The number of anilines is 1. The van der Waals surface area contributed by atoms with E-state index < -0.39 is 11.8 Å². The Morgan fingerprint density at radius 2 is 2.05 bits per heavy atom. The first-order valence-corrected chi connectivity index (χ1v) is 5.94. The lowest BCUT2D eigenvalue weighted by molar-refractivity contribution is 0.0386. The average Bonchev–Trinajstić information content (AvgIpc) is 2.40. The highest BCUT2D eigenvalue weighted by Crippen LogP contribution is 2.14. The van der Waals surface area contributed by atoms with Crippen LogP contribution in [0, 0.1) is 5.82 Å². The second-order valence-electron chi connectivity index (χ2n) is 3.83. The molecule has 0 unspecified atom stereocenters. The Morgan fingerprint density at radius 3 is 2.79 bits per heavy atom. The van der Waals surface area contributed by atoms with E-state index in [0.29, 0.717) is 26.2 Å². The van der Waals surface area contributed by atoms with Gasteiger partial charge in [-0.3, -0.25) is 0 Å². The van der Waals surface area contributed by atoms with Crippen LogP contribution in [-0.4, -0.2) is 39.5 Å². The van der Waals surface area contributed by atoms with Gasteiger partial charge in [0.15, 0.2) is 0 Å². The lowest BCUT2D eigenvalue weighted by Gasteiger charge is -2.07. The first-order chi connectivity index (χ1) is 9.15. The lowest BCUT2D eigenvalue weighted by Crippen LogP contribution is -2.11. The van der Waals surface area contributed by atoms with E-state index in [4.69, 9.17) is 19.9 Å². The molecule has 106 valence electrons. The van der Waals surface area contributed by atoms with E-state index in [1.807, 2.05) is 0 Å². The number of ether oxygens (including phenoxy) is 3. The van der Waals surface area contributed by atoms with Gasteiger partial charge in [-0.2, -0.15) is 0 Å². The molecule has 5 nitrogen and oxygen atoms in total. The monoisotopic (exact) mass is 271 g/mol. The van der Waals surface area contributed by atoms with Crippen LogP contribution < -0.4 is 5.73 Å². The molecule has 0 aliphatic heterocycles. The Balaban J connectivity index is 2.26. The number of esters is 1. The highest BCUT2D eigenvalue weighted by Gasteiger charge is 2.11. The minimum Gasteiger partial charge on any atom is -0.462 e. The third-order valence-corrected chi connectivity index (χ3v) is 2.33. The Bertz CT molecular complexity index is 412. The molecule has 0 amide bonds. The summed E-state index contributed by atoms with van der Waals surface area (Å²) in [6, 6.07) is 3.59. The van der Waals surface area contributed by atoms with Gasteiger partial charge in [0, 0.05) is 25.8 Å². The zero-order chi connectivity index (χ0) is 14.1. The smallest absolute Gasteiger partial charge is 0.340 e. The molecule has 0 radical (unpaired) electrons. The Labute approximate surface area is 111 Å². The SMILES string of the molecule is COCCOCCCOC(=O)c1cc(F)ccc1N. The summed E-state index contributed by atoms with van der Waals surface area (Å²) >= 11 is 0. The highest BCUT2D eigenvalue weighted by atomic mass is 19.1. The molecule has 0 heterocycles. The molecule has 0 fully saturated rings. The summed E-state index contributed by atoms with van der Waals surface area (Å²) in [5, 5.41) is 0. The van der Waals surface area contributed by atoms with E-state index in [-0.39, 0.29) is 17.9 Å². The maximum absolute atomic E-state index is 13.0. The van der Waals surface area contributed by atoms with Gasteiger partial charge in [-0.1, -0.05) is 0 Å². The lowest BCUT2D eigenvalue weighted by atomic mass is 10.2. The molecule has 2 N–H and O–H groups in total. The van der Waals surface area contributed by atoms with Crippen molar-refractivity contribution in [2.24, 2.45) is 0 Å². The van der Waals surface area contributed by atoms with Crippen molar-refractivity contribution in [2.75, 3.05) is 39.3 Å². The largest absolute Gasteiger partial charge is 0.462 e. The summed E-state index contributed by atoms with van der Waals surface area (Å²) in [4.78, 5) is 11.6. The van der Waals surface area contributed by atoms with Crippen LogP contribution in [0.15, 0.2) is 18.2 Å². The van der Waals surface area contributed by atoms with Crippen molar-refractivity contribution in [1.29, 1.82) is 0 Å². The Kier molecular flexibility index (Phi) is 6.84. The molecule has 0 aliphatic rings. The zero-order valence-corrected chi connectivity index (χ0v) is 10.9. The fourth-order valence-electron chi connectivity index (χ4n) is 1.35. The molecule has 0 bridgehead atoms. The molecule has 1 rings (SSSR count). The molecule has 1 aromatic rings. The highest BCUT2D eigenvalue weighted by molar-refractivity contribution is 5.95. The van der Waals surface area contributed by atoms with Gasteiger partial charge in [-0.05, 0) is 18.2 Å². The van der Waals surface area contributed by atoms with Crippen molar-refractivity contribution < 1.29 is 23.4 Å². The van der Waals surface area contributed by atoms with Crippen molar-refractivity contribution in [1.82, 2.24) is 0 Å². The molecule has 0 spiro atoms. The zero-order valence-electron chi connectivity index (χ0n) is 10.9.